The van der Waals surface area contributed by atoms with Gasteiger partial charge in [-0.15, -0.1) is 30.6 Å². The third-order valence-electron chi connectivity index (χ3n) is 1.42. The van der Waals surface area contributed by atoms with Crippen molar-refractivity contribution in [2.45, 2.75) is 19.5 Å². The maximum absolute atomic E-state index is 11.8. The smallest absolute Gasteiger partial charge is 0.357 e. The van der Waals surface area contributed by atoms with E-state index < -0.39 is 12.6 Å². The standard InChI is InChI=1S/C9H16F3N3.HI/c1-3-6-14-8(13-4-2)15-7-5-9(10,11)12;/h3H,1,4-7H2,2H3,(H2,13,14,15);1H. The summed E-state index contributed by atoms with van der Waals surface area (Å²) < 4.78 is 35.5. The molecule has 0 radical (unpaired) electrons. The highest BCUT2D eigenvalue weighted by atomic mass is 127. The molecule has 7 heteroatoms. The zero-order valence-electron chi connectivity index (χ0n) is 9.10. The van der Waals surface area contributed by atoms with Gasteiger partial charge in [-0.25, -0.2) is 0 Å². The summed E-state index contributed by atoms with van der Waals surface area (Å²) in [6, 6.07) is 0. The quantitative estimate of drug-likeness (QED) is 0.345. The molecule has 0 aromatic heterocycles. The second kappa shape index (κ2) is 9.73. The summed E-state index contributed by atoms with van der Waals surface area (Å²) in [5, 5.41) is 5.64. The fraction of sp³-hybridized carbons (Fsp3) is 0.667. The minimum Gasteiger partial charge on any atom is -0.357 e. The van der Waals surface area contributed by atoms with Gasteiger partial charge in [0, 0.05) is 13.1 Å². The highest BCUT2D eigenvalue weighted by molar-refractivity contribution is 14.0. The predicted molar refractivity (Wildman–Crippen MR) is 70.3 cm³/mol. The van der Waals surface area contributed by atoms with E-state index in [-0.39, 0.29) is 30.5 Å². The number of nitrogens with zero attached hydrogens (tertiary/aromatic N) is 1. The van der Waals surface area contributed by atoms with Crippen molar-refractivity contribution in [3.8, 4) is 0 Å². The van der Waals surface area contributed by atoms with Crippen LogP contribution in [0.3, 0.4) is 0 Å². The average molecular weight is 351 g/mol. The molecule has 0 rings (SSSR count). The lowest BCUT2D eigenvalue weighted by Crippen LogP contribution is -2.37. The molecule has 0 heterocycles. The Labute approximate surface area is 111 Å². The van der Waals surface area contributed by atoms with Crippen molar-refractivity contribution >= 4 is 29.9 Å². The minimum atomic E-state index is -4.15. The number of guanidine groups is 1. The fourth-order valence-electron chi connectivity index (χ4n) is 0.805. The van der Waals surface area contributed by atoms with Gasteiger partial charge in [-0.05, 0) is 6.92 Å². The SMILES string of the molecule is C=CCNC(=NCCC(F)(F)F)NCC.I. The number of nitrogens with one attached hydrogen (secondary N) is 2. The molecule has 2 N–H and O–H groups in total. The molecule has 3 nitrogen and oxygen atoms in total. The van der Waals surface area contributed by atoms with Crippen LogP contribution in [0.4, 0.5) is 13.2 Å². The van der Waals surface area contributed by atoms with Gasteiger partial charge in [-0.3, -0.25) is 4.99 Å². The molecule has 0 aromatic rings. The Bertz CT molecular complexity index is 217. The molecule has 0 bridgehead atoms. The number of hydrogen-bond acceptors (Lipinski definition) is 1. The van der Waals surface area contributed by atoms with Crippen molar-refractivity contribution in [3.63, 3.8) is 0 Å². The molecule has 0 unspecified atom stereocenters. The highest BCUT2D eigenvalue weighted by Gasteiger charge is 2.26. The summed E-state index contributed by atoms with van der Waals surface area (Å²) in [5.74, 6) is 0.377. The summed E-state index contributed by atoms with van der Waals surface area (Å²) in [7, 11) is 0. The maximum Gasteiger partial charge on any atom is 0.390 e. The Morgan fingerprint density at radius 3 is 2.44 bits per heavy atom. The van der Waals surface area contributed by atoms with E-state index in [1.165, 1.54) is 0 Å². The van der Waals surface area contributed by atoms with Crippen LogP contribution in [0, 0.1) is 0 Å². The van der Waals surface area contributed by atoms with Crippen LogP contribution in [0.15, 0.2) is 17.6 Å². The molecule has 0 saturated heterocycles. The Kier molecular flexibility index (Phi) is 10.9. The molecule has 16 heavy (non-hydrogen) atoms. The number of halogens is 4. The van der Waals surface area contributed by atoms with Crippen LogP contribution in [-0.2, 0) is 0 Å². The molecule has 0 spiro atoms. The van der Waals surface area contributed by atoms with E-state index >= 15 is 0 Å². The first-order chi connectivity index (χ1) is 6.99. The maximum atomic E-state index is 11.8. The summed E-state index contributed by atoms with van der Waals surface area (Å²) in [6.07, 6.45) is -3.45. The van der Waals surface area contributed by atoms with Crippen LogP contribution in [0.5, 0.6) is 0 Å². The number of hydrogen-bond donors (Lipinski definition) is 2. The lowest BCUT2D eigenvalue weighted by atomic mass is 10.4. The molecule has 96 valence electrons. The van der Waals surface area contributed by atoms with Crippen molar-refractivity contribution in [2.75, 3.05) is 19.6 Å². The van der Waals surface area contributed by atoms with E-state index in [0.29, 0.717) is 19.0 Å². The van der Waals surface area contributed by atoms with Crippen LogP contribution in [0.25, 0.3) is 0 Å². The fourth-order valence-corrected chi connectivity index (χ4v) is 0.805. The van der Waals surface area contributed by atoms with Gasteiger partial charge in [0.05, 0.1) is 13.0 Å². The highest BCUT2D eigenvalue weighted by Crippen LogP contribution is 2.18. The molecule has 0 saturated carbocycles. The molecule has 0 fully saturated rings. The van der Waals surface area contributed by atoms with Crippen LogP contribution < -0.4 is 10.6 Å². The summed E-state index contributed by atoms with van der Waals surface area (Å²) in [6.45, 7) is 6.14. The molecule has 0 amide bonds. The first-order valence-corrected chi connectivity index (χ1v) is 4.69. The van der Waals surface area contributed by atoms with Crippen molar-refractivity contribution in [3.05, 3.63) is 12.7 Å². The Morgan fingerprint density at radius 1 is 1.38 bits per heavy atom. The van der Waals surface area contributed by atoms with Crippen molar-refractivity contribution in [2.24, 2.45) is 4.99 Å². The Balaban J connectivity index is 0. The molecular weight excluding hydrogens is 334 g/mol. The van der Waals surface area contributed by atoms with E-state index in [4.69, 9.17) is 0 Å². The largest absolute Gasteiger partial charge is 0.390 e. The molecule has 0 aromatic carbocycles. The first-order valence-electron chi connectivity index (χ1n) is 4.69. The van der Waals surface area contributed by atoms with Crippen LogP contribution >= 0.6 is 24.0 Å². The second-order valence-electron chi connectivity index (χ2n) is 2.80. The van der Waals surface area contributed by atoms with E-state index in [0.717, 1.165) is 0 Å². The molecular formula is C9H17F3IN3. The van der Waals surface area contributed by atoms with Gasteiger partial charge in [-0.1, -0.05) is 6.08 Å². The summed E-state index contributed by atoms with van der Waals surface area (Å²) >= 11 is 0. The molecule has 0 atom stereocenters. The summed E-state index contributed by atoms with van der Waals surface area (Å²) in [4.78, 5) is 3.76. The number of aliphatic imine (C=N–C) groups is 1. The van der Waals surface area contributed by atoms with E-state index in [9.17, 15) is 13.2 Å². The monoisotopic (exact) mass is 351 g/mol. The van der Waals surface area contributed by atoms with Gasteiger partial charge >= 0.3 is 6.18 Å². The second-order valence-corrected chi connectivity index (χ2v) is 2.80. The normalized spacial score (nSPS) is 11.6. The molecule has 0 aliphatic rings. The first kappa shape index (κ1) is 17.9. The van der Waals surface area contributed by atoms with E-state index in [1.54, 1.807) is 6.08 Å². The number of rotatable bonds is 5. The van der Waals surface area contributed by atoms with Gasteiger partial charge < -0.3 is 10.6 Å². The predicted octanol–water partition coefficient (Wildman–Crippen LogP) is 2.30. The third-order valence-corrected chi connectivity index (χ3v) is 1.42. The van der Waals surface area contributed by atoms with Gasteiger partial charge in [-0.2, -0.15) is 13.2 Å². The molecule has 0 aliphatic heterocycles. The van der Waals surface area contributed by atoms with Crippen molar-refractivity contribution < 1.29 is 13.2 Å². The van der Waals surface area contributed by atoms with Crippen LogP contribution in [-0.4, -0.2) is 31.8 Å². The summed E-state index contributed by atoms with van der Waals surface area (Å²) in [5.41, 5.74) is 0. The van der Waals surface area contributed by atoms with Crippen LogP contribution in [0.2, 0.25) is 0 Å². The van der Waals surface area contributed by atoms with E-state index in [1.807, 2.05) is 6.92 Å². The molecule has 0 aliphatic carbocycles. The van der Waals surface area contributed by atoms with Gasteiger partial charge in [0.15, 0.2) is 5.96 Å². The van der Waals surface area contributed by atoms with Crippen LogP contribution in [0.1, 0.15) is 13.3 Å². The zero-order chi connectivity index (χ0) is 11.7. The van der Waals surface area contributed by atoms with Gasteiger partial charge in [0.1, 0.15) is 0 Å². The Hall–Kier alpha value is -0.470. The van der Waals surface area contributed by atoms with Crippen molar-refractivity contribution in [1.82, 2.24) is 10.6 Å². The van der Waals surface area contributed by atoms with E-state index in [2.05, 4.69) is 22.2 Å². The van der Waals surface area contributed by atoms with Crippen molar-refractivity contribution in [1.29, 1.82) is 0 Å². The lowest BCUT2D eigenvalue weighted by molar-refractivity contribution is -0.132. The third kappa shape index (κ3) is 11.6. The topological polar surface area (TPSA) is 36.4 Å². The number of alkyl halides is 3. The zero-order valence-corrected chi connectivity index (χ0v) is 11.4. The van der Waals surface area contributed by atoms with Gasteiger partial charge in [0.25, 0.3) is 0 Å². The lowest BCUT2D eigenvalue weighted by Gasteiger charge is -2.09. The van der Waals surface area contributed by atoms with Gasteiger partial charge in [0.2, 0.25) is 0 Å². The Morgan fingerprint density at radius 2 is 2.00 bits per heavy atom. The minimum absolute atomic E-state index is 0. The average Bonchev–Trinajstić information content (AvgIpc) is 2.12.